The number of aromatic carboxylic acids is 1. The third kappa shape index (κ3) is 1.87. The van der Waals surface area contributed by atoms with E-state index in [1.165, 1.54) is 13.2 Å². The second-order valence-corrected chi connectivity index (χ2v) is 3.33. The van der Waals surface area contributed by atoms with Gasteiger partial charge in [0.05, 0.1) is 24.9 Å². The molecule has 0 saturated heterocycles. The third-order valence-electron chi connectivity index (χ3n) is 2.31. The van der Waals surface area contributed by atoms with Crippen LogP contribution >= 0.6 is 0 Å². The fourth-order valence-electron chi connectivity index (χ4n) is 1.48. The molecule has 0 saturated carbocycles. The van der Waals surface area contributed by atoms with Crippen LogP contribution in [-0.4, -0.2) is 33.2 Å². The van der Waals surface area contributed by atoms with Crippen LogP contribution in [0.3, 0.4) is 0 Å². The van der Waals surface area contributed by atoms with E-state index in [1.807, 2.05) is 6.07 Å². The lowest BCUT2D eigenvalue weighted by Crippen LogP contribution is -2.09. The molecular formula is C11H8N4O3. The lowest BCUT2D eigenvalue weighted by molar-refractivity contribution is 0.0687. The Balaban J connectivity index is 2.61. The van der Waals surface area contributed by atoms with Crippen molar-refractivity contribution in [1.29, 1.82) is 5.26 Å². The third-order valence-corrected chi connectivity index (χ3v) is 2.31. The molecule has 90 valence electrons. The lowest BCUT2D eigenvalue weighted by Gasteiger charge is -2.09. The highest BCUT2D eigenvalue weighted by molar-refractivity contribution is 5.86. The van der Waals surface area contributed by atoms with Gasteiger partial charge in [0.2, 0.25) is 0 Å². The molecule has 0 aliphatic heterocycles. The van der Waals surface area contributed by atoms with Crippen LogP contribution in [-0.2, 0) is 0 Å². The summed E-state index contributed by atoms with van der Waals surface area (Å²) in [6, 6.07) is 6.57. The maximum atomic E-state index is 11.0. The van der Waals surface area contributed by atoms with Gasteiger partial charge in [0, 0.05) is 6.07 Å². The van der Waals surface area contributed by atoms with Gasteiger partial charge in [0.1, 0.15) is 11.4 Å². The molecule has 0 spiro atoms. The van der Waals surface area contributed by atoms with E-state index >= 15 is 0 Å². The van der Waals surface area contributed by atoms with Crippen LogP contribution in [0, 0.1) is 11.3 Å². The summed E-state index contributed by atoms with van der Waals surface area (Å²) < 4.78 is 6.25. The van der Waals surface area contributed by atoms with Crippen molar-refractivity contribution in [3.63, 3.8) is 0 Å². The summed E-state index contributed by atoms with van der Waals surface area (Å²) in [5.74, 6) is -0.798. The molecule has 1 aromatic heterocycles. The fourth-order valence-corrected chi connectivity index (χ4v) is 1.48. The van der Waals surface area contributed by atoms with Gasteiger partial charge < -0.3 is 9.84 Å². The molecule has 1 heterocycles. The number of rotatable bonds is 3. The van der Waals surface area contributed by atoms with Crippen LogP contribution in [0.15, 0.2) is 24.4 Å². The maximum Gasteiger partial charge on any atom is 0.356 e. The zero-order valence-electron chi connectivity index (χ0n) is 9.36. The number of hydrogen-bond acceptors (Lipinski definition) is 5. The smallest absolute Gasteiger partial charge is 0.356 e. The summed E-state index contributed by atoms with van der Waals surface area (Å²) in [6.07, 6.45) is 1.14. The van der Waals surface area contributed by atoms with Crippen molar-refractivity contribution < 1.29 is 14.6 Å². The van der Waals surface area contributed by atoms with Crippen molar-refractivity contribution in [1.82, 2.24) is 15.0 Å². The Morgan fingerprint density at radius 3 is 2.94 bits per heavy atom. The molecule has 2 aromatic rings. The summed E-state index contributed by atoms with van der Waals surface area (Å²) in [5.41, 5.74) is 0.733. The Morgan fingerprint density at radius 2 is 2.33 bits per heavy atom. The van der Waals surface area contributed by atoms with E-state index < -0.39 is 5.97 Å². The quantitative estimate of drug-likeness (QED) is 0.858. The minimum atomic E-state index is -1.15. The molecule has 0 amide bonds. The number of carboxylic acids is 1. The van der Waals surface area contributed by atoms with Gasteiger partial charge in [-0.1, -0.05) is 5.21 Å². The van der Waals surface area contributed by atoms with Crippen LogP contribution in [0.2, 0.25) is 0 Å². The second-order valence-electron chi connectivity index (χ2n) is 3.33. The molecule has 2 rings (SSSR count). The normalized spacial score (nSPS) is 9.78. The minimum absolute atomic E-state index is 0.0852. The molecule has 0 radical (unpaired) electrons. The summed E-state index contributed by atoms with van der Waals surface area (Å²) in [6.45, 7) is 0. The fraction of sp³-hybridized carbons (Fsp3) is 0.0909. The van der Waals surface area contributed by atoms with E-state index in [-0.39, 0.29) is 5.69 Å². The first kappa shape index (κ1) is 11.6. The zero-order valence-corrected chi connectivity index (χ0v) is 9.36. The Labute approximate surface area is 102 Å². The molecule has 0 bridgehead atoms. The van der Waals surface area contributed by atoms with Crippen LogP contribution < -0.4 is 4.74 Å². The standard InChI is InChI=1S/C11H8N4O3/c1-18-10-4-7(5-12)2-3-8(10)15-9(11(16)17)6-13-14-15/h2-4,6H,1H3,(H,16,17). The van der Waals surface area contributed by atoms with Crippen molar-refractivity contribution in [2.24, 2.45) is 0 Å². The van der Waals surface area contributed by atoms with Gasteiger partial charge in [-0.25, -0.2) is 9.48 Å². The number of carboxylic acid groups (broad SMARTS) is 1. The van der Waals surface area contributed by atoms with Gasteiger partial charge in [-0.3, -0.25) is 0 Å². The Morgan fingerprint density at radius 1 is 1.56 bits per heavy atom. The number of ether oxygens (including phenoxy) is 1. The summed E-state index contributed by atoms with van der Waals surface area (Å²) in [7, 11) is 1.43. The molecule has 7 nitrogen and oxygen atoms in total. The van der Waals surface area contributed by atoms with E-state index in [0.29, 0.717) is 17.0 Å². The molecule has 0 atom stereocenters. The van der Waals surface area contributed by atoms with Gasteiger partial charge in [-0.15, -0.1) is 5.10 Å². The monoisotopic (exact) mass is 244 g/mol. The average Bonchev–Trinajstić information content (AvgIpc) is 2.87. The molecule has 1 N–H and O–H groups in total. The molecular weight excluding hydrogens is 236 g/mol. The molecule has 0 aliphatic carbocycles. The molecule has 18 heavy (non-hydrogen) atoms. The summed E-state index contributed by atoms with van der Waals surface area (Å²) >= 11 is 0. The maximum absolute atomic E-state index is 11.0. The van der Waals surface area contributed by atoms with Crippen molar-refractivity contribution in [2.45, 2.75) is 0 Å². The molecule has 0 fully saturated rings. The van der Waals surface area contributed by atoms with Gasteiger partial charge in [0.25, 0.3) is 0 Å². The number of benzene rings is 1. The van der Waals surface area contributed by atoms with Crippen LogP contribution in [0.1, 0.15) is 16.1 Å². The largest absolute Gasteiger partial charge is 0.494 e. The van der Waals surface area contributed by atoms with Crippen LogP contribution in [0.4, 0.5) is 0 Å². The van der Waals surface area contributed by atoms with Gasteiger partial charge in [0.15, 0.2) is 5.69 Å². The highest BCUT2D eigenvalue weighted by atomic mass is 16.5. The number of aromatic nitrogens is 3. The first-order valence-corrected chi connectivity index (χ1v) is 4.90. The number of nitrogens with zero attached hydrogens (tertiary/aromatic N) is 4. The van der Waals surface area contributed by atoms with E-state index in [9.17, 15) is 4.79 Å². The number of methoxy groups -OCH3 is 1. The zero-order chi connectivity index (χ0) is 13.1. The summed E-state index contributed by atoms with van der Waals surface area (Å²) in [5, 5.41) is 25.0. The SMILES string of the molecule is COc1cc(C#N)ccc1-n1nncc1C(=O)O. The van der Waals surface area contributed by atoms with Crippen LogP contribution in [0.5, 0.6) is 5.75 Å². The Bertz CT molecular complexity index is 642. The highest BCUT2D eigenvalue weighted by Gasteiger charge is 2.16. The first-order valence-electron chi connectivity index (χ1n) is 4.90. The van der Waals surface area contributed by atoms with Crippen LogP contribution in [0.25, 0.3) is 5.69 Å². The summed E-state index contributed by atoms with van der Waals surface area (Å²) in [4.78, 5) is 11.0. The van der Waals surface area contributed by atoms with E-state index in [4.69, 9.17) is 15.1 Å². The number of nitriles is 1. The molecule has 7 heteroatoms. The lowest BCUT2D eigenvalue weighted by atomic mass is 10.2. The van der Waals surface area contributed by atoms with Crippen molar-refractivity contribution in [3.8, 4) is 17.5 Å². The van der Waals surface area contributed by atoms with Gasteiger partial charge in [-0.05, 0) is 12.1 Å². The average molecular weight is 244 g/mol. The first-order chi connectivity index (χ1) is 8.67. The van der Waals surface area contributed by atoms with E-state index in [0.717, 1.165) is 10.9 Å². The van der Waals surface area contributed by atoms with Crippen molar-refractivity contribution in [2.75, 3.05) is 7.11 Å². The minimum Gasteiger partial charge on any atom is -0.494 e. The number of carbonyl (C=O) groups is 1. The Hall–Kier alpha value is -2.88. The van der Waals surface area contributed by atoms with Crippen molar-refractivity contribution >= 4 is 5.97 Å². The van der Waals surface area contributed by atoms with Gasteiger partial charge >= 0.3 is 5.97 Å². The predicted molar refractivity (Wildman–Crippen MR) is 59.6 cm³/mol. The topological polar surface area (TPSA) is 101 Å². The van der Waals surface area contributed by atoms with E-state index in [2.05, 4.69) is 10.3 Å². The second kappa shape index (κ2) is 4.55. The highest BCUT2D eigenvalue weighted by Crippen LogP contribution is 2.24. The van der Waals surface area contributed by atoms with Gasteiger partial charge in [-0.2, -0.15) is 5.26 Å². The predicted octanol–water partition coefficient (Wildman–Crippen LogP) is 0.846. The molecule has 0 unspecified atom stereocenters. The molecule has 1 aromatic carbocycles. The van der Waals surface area contributed by atoms with Crippen molar-refractivity contribution in [3.05, 3.63) is 35.7 Å². The Kier molecular flexibility index (Phi) is 2.93. The number of hydrogen-bond donors (Lipinski definition) is 1. The van der Waals surface area contributed by atoms with E-state index in [1.54, 1.807) is 12.1 Å². The molecule has 0 aliphatic rings.